The SMILES string of the molecule is CN(C)c1ccc(NC(=O)c2csc(-c3ccc(F)cc3)n2)c(C(F)(F)F)c1. The maximum absolute atomic E-state index is 13.4. The van der Waals surface area contributed by atoms with E-state index in [-0.39, 0.29) is 11.4 Å². The molecule has 28 heavy (non-hydrogen) atoms. The fraction of sp³-hybridized carbons (Fsp3) is 0.158. The molecule has 1 heterocycles. The van der Waals surface area contributed by atoms with Crippen molar-refractivity contribution < 1.29 is 22.4 Å². The molecule has 1 amide bonds. The molecule has 3 aromatic rings. The van der Waals surface area contributed by atoms with Crippen LogP contribution in [0.1, 0.15) is 16.1 Å². The summed E-state index contributed by atoms with van der Waals surface area (Å²) in [6, 6.07) is 9.21. The van der Waals surface area contributed by atoms with E-state index in [2.05, 4.69) is 10.3 Å². The summed E-state index contributed by atoms with van der Waals surface area (Å²) in [6.45, 7) is 0. The number of rotatable bonds is 4. The molecule has 0 aliphatic carbocycles. The van der Waals surface area contributed by atoms with Crippen LogP contribution in [0.5, 0.6) is 0 Å². The summed E-state index contributed by atoms with van der Waals surface area (Å²) in [7, 11) is 3.25. The van der Waals surface area contributed by atoms with Gasteiger partial charge in [0.15, 0.2) is 0 Å². The van der Waals surface area contributed by atoms with E-state index in [1.165, 1.54) is 46.7 Å². The summed E-state index contributed by atoms with van der Waals surface area (Å²) in [5, 5.41) is 4.18. The minimum atomic E-state index is -4.63. The number of alkyl halides is 3. The number of anilines is 2. The van der Waals surface area contributed by atoms with Gasteiger partial charge in [0.05, 0.1) is 11.3 Å². The van der Waals surface area contributed by atoms with Crippen LogP contribution in [-0.2, 0) is 6.18 Å². The number of hydrogen-bond donors (Lipinski definition) is 1. The topological polar surface area (TPSA) is 45.2 Å². The summed E-state index contributed by atoms with van der Waals surface area (Å²) in [5.41, 5.74) is -0.344. The molecule has 0 fully saturated rings. The Kier molecular flexibility index (Phi) is 5.37. The van der Waals surface area contributed by atoms with E-state index in [0.29, 0.717) is 16.3 Å². The molecule has 4 nitrogen and oxygen atoms in total. The fourth-order valence-corrected chi connectivity index (χ4v) is 3.25. The lowest BCUT2D eigenvalue weighted by Gasteiger charge is -2.18. The van der Waals surface area contributed by atoms with E-state index in [9.17, 15) is 22.4 Å². The van der Waals surface area contributed by atoms with Gasteiger partial charge >= 0.3 is 6.18 Å². The highest BCUT2D eigenvalue weighted by Gasteiger charge is 2.34. The second kappa shape index (κ2) is 7.59. The average Bonchev–Trinajstić information content (AvgIpc) is 3.12. The smallest absolute Gasteiger partial charge is 0.378 e. The van der Waals surface area contributed by atoms with Crippen molar-refractivity contribution in [3.05, 3.63) is 64.9 Å². The van der Waals surface area contributed by atoms with Gasteiger partial charge in [-0.3, -0.25) is 4.79 Å². The van der Waals surface area contributed by atoms with Crippen molar-refractivity contribution in [1.82, 2.24) is 4.98 Å². The largest absolute Gasteiger partial charge is 0.418 e. The van der Waals surface area contributed by atoms with Gasteiger partial charge in [-0.1, -0.05) is 0 Å². The highest BCUT2D eigenvalue weighted by molar-refractivity contribution is 7.13. The lowest BCUT2D eigenvalue weighted by Crippen LogP contribution is -2.18. The predicted molar refractivity (Wildman–Crippen MR) is 101 cm³/mol. The van der Waals surface area contributed by atoms with Crippen LogP contribution in [0.3, 0.4) is 0 Å². The summed E-state index contributed by atoms with van der Waals surface area (Å²) >= 11 is 1.14. The summed E-state index contributed by atoms with van der Waals surface area (Å²) in [4.78, 5) is 18.1. The Morgan fingerprint density at radius 2 is 1.79 bits per heavy atom. The molecule has 0 radical (unpaired) electrons. The van der Waals surface area contributed by atoms with Crippen molar-refractivity contribution in [3.8, 4) is 10.6 Å². The molecule has 146 valence electrons. The molecule has 9 heteroatoms. The van der Waals surface area contributed by atoms with Crippen molar-refractivity contribution in [2.45, 2.75) is 6.18 Å². The Labute approximate surface area is 162 Å². The second-order valence-electron chi connectivity index (χ2n) is 6.12. The molecule has 0 saturated carbocycles. The third kappa shape index (κ3) is 4.30. The third-order valence-electron chi connectivity index (χ3n) is 3.90. The molecule has 0 spiro atoms. The molecule has 1 N–H and O–H groups in total. The van der Waals surface area contributed by atoms with Crippen molar-refractivity contribution in [1.29, 1.82) is 0 Å². The van der Waals surface area contributed by atoms with Crippen molar-refractivity contribution in [2.75, 3.05) is 24.3 Å². The molecule has 0 bridgehead atoms. The lowest BCUT2D eigenvalue weighted by atomic mass is 10.1. The van der Waals surface area contributed by atoms with E-state index in [4.69, 9.17) is 0 Å². The third-order valence-corrected chi connectivity index (χ3v) is 4.79. The molecule has 0 saturated heterocycles. The van der Waals surface area contributed by atoms with Gasteiger partial charge in [0.25, 0.3) is 5.91 Å². The number of nitrogens with zero attached hydrogens (tertiary/aromatic N) is 2. The van der Waals surface area contributed by atoms with E-state index in [1.807, 2.05) is 0 Å². The van der Waals surface area contributed by atoms with Gasteiger partial charge in [0.1, 0.15) is 16.5 Å². The van der Waals surface area contributed by atoms with Crippen LogP contribution in [0.4, 0.5) is 28.9 Å². The van der Waals surface area contributed by atoms with E-state index < -0.39 is 23.5 Å². The maximum Gasteiger partial charge on any atom is 0.418 e. The van der Waals surface area contributed by atoms with Gasteiger partial charge in [0, 0.05) is 30.7 Å². The zero-order valence-corrected chi connectivity index (χ0v) is 15.7. The Hall–Kier alpha value is -2.94. The lowest BCUT2D eigenvalue weighted by molar-refractivity contribution is -0.136. The number of nitrogens with one attached hydrogen (secondary N) is 1. The monoisotopic (exact) mass is 409 g/mol. The maximum atomic E-state index is 13.4. The van der Waals surface area contributed by atoms with Gasteiger partial charge in [-0.15, -0.1) is 11.3 Å². The first kappa shape index (κ1) is 19.8. The first-order valence-corrected chi connectivity index (χ1v) is 8.94. The van der Waals surface area contributed by atoms with Crippen LogP contribution in [0, 0.1) is 5.82 Å². The van der Waals surface area contributed by atoms with Crippen LogP contribution >= 0.6 is 11.3 Å². The van der Waals surface area contributed by atoms with Crippen LogP contribution < -0.4 is 10.2 Å². The highest BCUT2D eigenvalue weighted by atomic mass is 32.1. The van der Waals surface area contributed by atoms with Crippen molar-refractivity contribution >= 4 is 28.6 Å². The number of halogens is 4. The Bertz CT molecular complexity index is 997. The van der Waals surface area contributed by atoms with Gasteiger partial charge in [-0.2, -0.15) is 13.2 Å². The normalized spacial score (nSPS) is 11.4. The number of hydrogen-bond acceptors (Lipinski definition) is 4. The van der Waals surface area contributed by atoms with Crippen LogP contribution in [0.2, 0.25) is 0 Å². The van der Waals surface area contributed by atoms with Gasteiger partial charge < -0.3 is 10.2 Å². The minimum absolute atomic E-state index is 0.0193. The molecule has 1 aromatic heterocycles. The zero-order valence-electron chi connectivity index (χ0n) is 14.8. The van der Waals surface area contributed by atoms with E-state index in [0.717, 1.165) is 17.4 Å². The Morgan fingerprint density at radius 3 is 2.39 bits per heavy atom. The first-order valence-electron chi connectivity index (χ1n) is 8.06. The Morgan fingerprint density at radius 1 is 1.11 bits per heavy atom. The second-order valence-corrected chi connectivity index (χ2v) is 6.98. The number of aromatic nitrogens is 1. The van der Waals surface area contributed by atoms with Gasteiger partial charge in [0.2, 0.25) is 0 Å². The predicted octanol–water partition coefficient (Wildman–Crippen LogP) is 5.29. The number of benzene rings is 2. The highest BCUT2D eigenvalue weighted by Crippen LogP contribution is 2.37. The van der Waals surface area contributed by atoms with E-state index >= 15 is 0 Å². The zero-order chi connectivity index (χ0) is 20.5. The number of carbonyl (C=O) groups excluding carboxylic acids is 1. The van der Waals surface area contributed by atoms with Crippen molar-refractivity contribution in [2.24, 2.45) is 0 Å². The van der Waals surface area contributed by atoms with Crippen LogP contribution in [0.25, 0.3) is 10.6 Å². The Balaban J connectivity index is 1.86. The molecule has 0 aliphatic rings. The van der Waals surface area contributed by atoms with Gasteiger partial charge in [-0.25, -0.2) is 9.37 Å². The average molecular weight is 409 g/mol. The standard InChI is InChI=1S/C19H15F4N3OS/c1-26(2)13-7-8-15(14(9-13)19(21,22)23)24-17(27)16-10-28-18(25-16)11-3-5-12(20)6-4-11/h3-10H,1-2H3,(H,24,27). The molecular weight excluding hydrogens is 394 g/mol. The van der Waals surface area contributed by atoms with Crippen LogP contribution in [0.15, 0.2) is 47.8 Å². The molecule has 3 rings (SSSR count). The van der Waals surface area contributed by atoms with E-state index in [1.54, 1.807) is 14.1 Å². The molecule has 0 aliphatic heterocycles. The van der Waals surface area contributed by atoms with Crippen LogP contribution in [-0.4, -0.2) is 25.0 Å². The summed E-state index contributed by atoms with van der Waals surface area (Å²) in [6.07, 6.45) is -4.63. The molecular formula is C19H15F4N3OS. The quantitative estimate of drug-likeness (QED) is 0.596. The first-order chi connectivity index (χ1) is 13.1. The summed E-state index contributed by atoms with van der Waals surface area (Å²) < 4.78 is 53.2. The number of carbonyl (C=O) groups is 1. The van der Waals surface area contributed by atoms with Gasteiger partial charge in [-0.05, 0) is 42.5 Å². The fourth-order valence-electron chi connectivity index (χ4n) is 2.44. The molecule has 2 aromatic carbocycles. The minimum Gasteiger partial charge on any atom is -0.378 e. The molecule has 0 atom stereocenters. The molecule has 0 unspecified atom stereocenters. The van der Waals surface area contributed by atoms with Crippen molar-refractivity contribution in [3.63, 3.8) is 0 Å². The number of amides is 1. The summed E-state index contributed by atoms with van der Waals surface area (Å²) in [5.74, 6) is -1.16. The number of thiazole rings is 1.